The van der Waals surface area contributed by atoms with Gasteiger partial charge < -0.3 is 0 Å². The van der Waals surface area contributed by atoms with Crippen molar-refractivity contribution in [3.05, 3.63) is 16.1 Å². The van der Waals surface area contributed by atoms with Crippen LogP contribution in [-0.4, -0.2) is 10.2 Å². The number of nitrogens with zero attached hydrogens (tertiary/aromatic N) is 1. The molecule has 0 bridgehead atoms. The summed E-state index contributed by atoms with van der Waals surface area (Å²) in [6.45, 7) is 5.35. The van der Waals surface area contributed by atoms with Crippen LogP contribution in [-0.2, 0) is 0 Å². The molecule has 0 aliphatic carbocycles. The van der Waals surface area contributed by atoms with Gasteiger partial charge in [-0.05, 0) is 32.3 Å². The summed E-state index contributed by atoms with van der Waals surface area (Å²) in [5.74, 6) is 0.115. The van der Waals surface area contributed by atoms with E-state index in [-0.39, 0.29) is 5.78 Å². The Balaban J connectivity index is 3.23. The molecule has 0 aliphatic heterocycles. The summed E-state index contributed by atoms with van der Waals surface area (Å²) >= 11 is 1.39. The average molecular weight is 155 g/mol. The van der Waals surface area contributed by atoms with E-state index < -0.39 is 0 Å². The van der Waals surface area contributed by atoms with Gasteiger partial charge in [0.05, 0.1) is 11.3 Å². The zero-order valence-electron chi connectivity index (χ0n) is 6.26. The summed E-state index contributed by atoms with van der Waals surface area (Å²) in [6, 6.07) is 0. The molecule has 0 unspecified atom stereocenters. The predicted octanol–water partition coefficient (Wildman–Crippen LogP) is 1.96. The number of carbonyl (C=O) groups is 1. The summed E-state index contributed by atoms with van der Waals surface area (Å²) in [4.78, 5) is 11.9. The van der Waals surface area contributed by atoms with Crippen molar-refractivity contribution in [1.82, 2.24) is 4.37 Å². The minimum Gasteiger partial charge on any atom is -0.294 e. The lowest BCUT2D eigenvalue weighted by molar-refractivity contribution is 0.101. The third kappa shape index (κ3) is 1.09. The molecule has 0 saturated carbocycles. The number of hydrogen-bond donors (Lipinski definition) is 0. The maximum absolute atomic E-state index is 10.9. The molecule has 54 valence electrons. The van der Waals surface area contributed by atoms with Crippen LogP contribution in [0.3, 0.4) is 0 Å². The van der Waals surface area contributed by atoms with Gasteiger partial charge in [-0.1, -0.05) is 0 Å². The minimum absolute atomic E-state index is 0.115. The summed E-state index contributed by atoms with van der Waals surface area (Å²) in [7, 11) is 0. The van der Waals surface area contributed by atoms with Gasteiger partial charge in [0.2, 0.25) is 0 Å². The van der Waals surface area contributed by atoms with E-state index in [1.807, 2.05) is 13.8 Å². The van der Waals surface area contributed by atoms with Gasteiger partial charge in [0.15, 0.2) is 5.78 Å². The number of ketones is 1. The van der Waals surface area contributed by atoms with Crippen LogP contribution in [0.15, 0.2) is 0 Å². The Morgan fingerprint density at radius 3 is 2.30 bits per heavy atom. The molecular formula is C7H9NOS. The maximum atomic E-state index is 10.9. The summed E-state index contributed by atoms with van der Waals surface area (Å²) < 4.78 is 4.06. The third-order valence-electron chi connectivity index (χ3n) is 1.39. The smallest absolute Gasteiger partial charge is 0.162 e. The van der Waals surface area contributed by atoms with Crippen molar-refractivity contribution in [3.63, 3.8) is 0 Å². The van der Waals surface area contributed by atoms with Gasteiger partial charge in [-0.2, -0.15) is 4.37 Å². The Morgan fingerprint density at radius 2 is 2.10 bits per heavy atom. The molecule has 1 aromatic rings. The second-order valence-electron chi connectivity index (χ2n) is 2.26. The second-order valence-corrected chi connectivity index (χ2v) is 3.23. The van der Waals surface area contributed by atoms with Crippen molar-refractivity contribution in [2.24, 2.45) is 0 Å². The van der Waals surface area contributed by atoms with Crippen molar-refractivity contribution in [2.45, 2.75) is 20.8 Å². The van der Waals surface area contributed by atoms with Gasteiger partial charge >= 0.3 is 0 Å². The normalized spacial score (nSPS) is 9.90. The van der Waals surface area contributed by atoms with E-state index in [1.165, 1.54) is 11.5 Å². The standard InChI is InChI=1S/C7H9NOS/c1-4-7(5(2)9)6(3)10-8-4/h1-3H3. The van der Waals surface area contributed by atoms with Crippen molar-refractivity contribution in [1.29, 1.82) is 0 Å². The molecule has 10 heavy (non-hydrogen) atoms. The third-order valence-corrected chi connectivity index (χ3v) is 2.23. The van der Waals surface area contributed by atoms with Crippen LogP contribution in [0.1, 0.15) is 27.9 Å². The largest absolute Gasteiger partial charge is 0.294 e. The van der Waals surface area contributed by atoms with Crippen LogP contribution in [0, 0.1) is 13.8 Å². The molecule has 3 heteroatoms. The molecule has 0 radical (unpaired) electrons. The fraction of sp³-hybridized carbons (Fsp3) is 0.429. The van der Waals surface area contributed by atoms with E-state index in [4.69, 9.17) is 0 Å². The average Bonchev–Trinajstić information content (AvgIpc) is 2.11. The van der Waals surface area contributed by atoms with Crippen molar-refractivity contribution in [2.75, 3.05) is 0 Å². The van der Waals surface area contributed by atoms with Crippen molar-refractivity contribution in [3.8, 4) is 0 Å². The van der Waals surface area contributed by atoms with Gasteiger partial charge in [-0.15, -0.1) is 0 Å². The zero-order valence-corrected chi connectivity index (χ0v) is 7.08. The lowest BCUT2D eigenvalue weighted by atomic mass is 10.1. The van der Waals surface area contributed by atoms with E-state index in [2.05, 4.69) is 4.37 Å². The van der Waals surface area contributed by atoms with Gasteiger partial charge in [0.1, 0.15) is 0 Å². The highest BCUT2D eigenvalue weighted by Gasteiger charge is 2.09. The van der Waals surface area contributed by atoms with Crippen molar-refractivity contribution < 1.29 is 4.79 Å². The van der Waals surface area contributed by atoms with E-state index in [0.29, 0.717) is 0 Å². The second kappa shape index (κ2) is 2.50. The maximum Gasteiger partial charge on any atom is 0.162 e. The number of rotatable bonds is 1. The Labute approximate surface area is 64.1 Å². The van der Waals surface area contributed by atoms with Crippen LogP contribution in [0.2, 0.25) is 0 Å². The molecule has 0 aromatic carbocycles. The number of carbonyl (C=O) groups excluding carboxylic acids is 1. The molecule has 0 spiro atoms. The molecule has 0 atom stereocenters. The molecule has 1 heterocycles. The number of hydrogen-bond acceptors (Lipinski definition) is 3. The Hall–Kier alpha value is -0.700. The molecule has 0 amide bonds. The number of aryl methyl sites for hydroxylation is 2. The highest BCUT2D eigenvalue weighted by molar-refractivity contribution is 7.06. The van der Waals surface area contributed by atoms with Gasteiger partial charge in [-0.3, -0.25) is 4.79 Å². The van der Waals surface area contributed by atoms with Gasteiger partial charge in [0.25, 0.3) is 0 Å². The molecule has 0 aliphatic rings. The van der Waals surface area contributed by atoms with E-state index in [1.54, 1.807) is 6.92 Å². The monoisotopic (exact) mass is 155 g/mol. The lowest BCUT2D eigenvalue weighted by Gasteiger charge is -1.90. The summed E-state index contributed by atoms with van der Waals surface area (Å²) in [5, 5.41) is 0. The Morgan fingerprint density at radius 1 is 1.50 bits per heavy atom. The molecule has 0 N–H and O–H groups in total. The zero-order chi connectivity index (χ0) is 7.72. The fourth-order valence-electron chi connectivity index (χ4n) is 0.986. The van der Waals surface area contributed by atoms with Crippen LogP contribution >= 0.6 is 11.5 Å². The quantitative estimate of drug-likeness (QED) is 0.580. The SMILES string of the molecule is CC(=O)c1c(C)nsc1C. The summed E-state index contributed by atoms with van der Waals surface area (Å²) in [6.07, 6.45) is 0. The van der Waals surface area contributed by atoms with E-state index >= 15 is 0 Å². The number of aromatic nitrogens is 1. The van der Waals surface area contributed by atoms with Crippen LogP contribution in [0.4, 0.5) is 0 Å². The van der Waals surface area contributed by atoms with Crippen LogP contribution < -0.4 is 0 Å². The Kier molecular flexibility index (Phi) is 1.85. The number of Topliss-reactive ketones (excluding diaryl/α,β-unsaturated/α-hetero) is 1. The first kappa shape index (κ1) is 7.41. The van der Waals surface area contributed by atoms with E-state index in [0.717, 1.165) is 16.1 Å². The predicted molar refractivity (Wildman–Crippen MR) is 41.6 cm³/mol. The molecule has 2 nitrogen and oxygen atoms in total. The minimum atomic E-state index is 0.115. The molecule has 0 fully saturated rings. The topological polar surface area (TPSA) is 30.0 Å². The molecule has 0 saturated heterocycles. The van der Waals surface area contributed by atoms with Crippen LogP contribution in [0.25, 0.3) is 0 Å². The summed E-state index contributed by atoms with van der Waals surface area (Å²) in [5.41, 5.74) is 1.65. The lowest BCUT2D eigenvalue weighted by Crippen LogP contribution is -1.94. The van der Waals surface area contributed by atoms with Gasteiger partial charge in [-0.25, -0.2) is 0 Å². The first-order valence-electron chi connectivity index (χ1n) is 3.06. The van der Waals surface area contributed by atoms with Crippen molar-refractivity contribution >= 4 is 17.3 Å². The highest BCUT2D eigenvalue weighted by Crippen LogP contribution is 2.16. The first-order chi connectivity index (χ1) is 4.63. The molecule has 1 aromatic heterocycles. The van der Waals surface area contributed by atoms with Crippen LogP contribution in [0.5, 0.6) is 0 Å². The Bertz CT molecular complexity index is 245. The van der Waals surface area contributed by atoms with Gasteiger partial charge in [0, 0.05) is 4.88 Å². The highest BCUT2D eigenvalue weighted by atomic mass is 32.1. The first-order valence-corrected chi connectivity index (χ1v) is 3.84. The van der Waals surface area contributed by atoms with E-state index in [9.17, 15) is 4.79 Å². The molecule has 1 rings (SSSR count). The molecular weight excluding hydrogens is 146 g/mol. The fourth-order valence-corrected chi connectivity index (χ4v) is 1.73.